The van der Waals surface area contributed by atoms with Crippen LogP contribution in [0.3, 0.4) is 0 Å². The topological polar surface area (TPSA) is 47.7 Å². The number of nitrogens with two attached hydrogens (primary N) is 1. The van der Waals surface area contributed by atoms with Crippen LogP contribution in [-0.4, -0.2) is 37.2 Å². The molecule has 2 atom stereocenters. The van der Waals surface area contributed by atoms with Gasteiger partial charge in [0.2, 0.25) is 0 Å². The molecule has 1 aromatic rings. The van der Waals surface area contributed by atoms with E-state index in [1.807, 2.05) is 19.1 Å². The Hall–Kier alpha value is -1.26. The number of hydrogen-bond acceptors (Lipinski definition) is 4. The van der Waals surface area contributed by atoms with Crippen LogP contribution < -0.4 is 15.2 Å². The normalized spacial score (nSPS) is 21.9. The van der Waals surface area contributed by atoms with Crippen LogP contribution in [0.4, 0.5) is 0 Å². The summed E-state index contributed by atoms with van der Waals surface area (Å²) in [5, 5.41) is 0. The minimum absolute atomic E-state index is 0.00396. The lowest BCUT2D eigenvalue weighted by molar-refractivity contribution is 0.128. The highest BCUT2D eigenvalue weighted by Gasteiger charge is 2.32. The number of nitrogens with zero attached hydrogens (tertiary/aromatic N) is 1. The Bertz CT molecular complexity index is 419. The molecule has 0 radical (unpaired) electrons. The highest BCUT2D eigenvalue weighted by Crippen LogP contribution is 2.37. The van der Waals surface area contributed by atoms with Crippen molar-refractivity contribution in [1.29, 1.82) is 0 Å². The predicted molar refractivity (Wildman–Crippen MR) is 76.7 cm³/mol. The molecule has 0 bridgehead atoms. The largest absolute Gasteiger partial charge is 0.494 e. The maximum Gasteiger partial charge on any atom is 0.124 e. The molecule has 2 N–H and O–H groups in total. The molecule has 1 aliphatic heterocycles. The maximum atomic E-state index is 6.26. The molecule has 2 rings (SSSR count). The minimum Gasteiger partial charge on any atom is -0.494 e. The van der Waals surface area contributed by atoms with Crippen molar-refractivity contribution in [2.24, 2.45) is 5.73 Å². The highest BCUT2D eigenvalue weighted by molar-refractivity contribution is 5.44. The molecule has 2 unspecified atom stereocenters. The number of benzene rings is 1. The predicted octanol–water partition coefficient (Wildman–Crippen LogP) is 2.19. The van der Waals surface area contributed by atoms with Gasteiger partial charge >= 0.3 is 0 Å². The summed E-state index contributed by atoms with van der Waals surface area (Å²) in [6.07, 6.45) is 0. The fourth-order valence-electron chi connectivity index (χ4n) is 2.74. The van der Waals surface area contributed by atoms with Crippen molar-refractivity contribution in [2.45, 2.75) is 32.9 Å². The zero-order chi connectivity index (χ0) is 13.8. The molecule has 0 saturated carbocycles. The summed E-state index contributed by atoms with van der Waals surface area (Å²) in [7, 11) is 0. The smallest absolute Gasteiger partial charge is 0.124 e. The summed E-state index contributed by atoms with van der Waals surface area (Å²) >= 11 is 0. The van der Waals surface area contributed by atoms with E-state index in [2.05, 4.69) is 24.8 Å². The van der Waals surface area contributed by atoms with Gasteiger partial charge < -0.3 is 15.2 Å². The van der Waals surface area contributed by atoms with Crippen LogP contribution in [0.1, 0.15) is 32.4 Å². The first-order valence-corrected chi connectivity index (χ1v) is 7.10. The van der Waals surface area contributed by atoms with Gasteiger partial charge in [0.1, 0.15) is 18.1 Å². The van der Waals surface area contributed by atoms with E-state index in [-0.39, 0.29) is 12.1 Å². The molecule has 106 valence electrons. The quantitative estimate of drug-likeness (QED) is 0.885. The van der Waals surface area contributed by atoms with E-state index in [0.29, 0.717) is 13.2 Å². The van der Waals surface area contributed by atoms with Crippen LogP contribution in [0.2, 0.25) is 0 Å². The lowest BCUT2D eigenvalue weighted by Gasteiger charge is -2.38. The van der Waals surface area contributed by atoms with Crippen molar-refractivity contribution >= 4 is 0 Å². The van der Waals surface area contributed by atoms with E-state index < -0.39 is 0 Å². The first-order valence-electron chi connectivity index (χ1n) is 7.10. The van der Waals surface area contributed by atoms with Crippen molar-refractivity contribution in [3.8, 4) is 11.5 Å². The van der Waals surface area contributed by atoms with E-state index in [0.717, 1.165) is 30.2 Å². The fraction of sp³-hybridized carbons (Fsp3) is 0.600. The van der Waals surface area contributed by atoms with Crippen LogP contribution in [0, 0.1) is 0 Å². The molecule has 0 amide bonds. The molecular formula is C15H24N2O2. The summed E-state index contributed by atoms with van der Waals surface area (Å²) in [5.74, 6) is 1.82. The maximum absolute atomic E-state index is 6.26. The lowest BCUT2D eigenvalue weighted by atomic mass is 9.95. The average molecular weight is 264 g/mol. The molecule has 0 spiro atoms. The fourth-order valence-corrected chi connectivity index (χ4v) is 2.74. The third kappa shape index (κ3) is 2.85. The molecule has 19 heavy (non-hydrogen) atoms. The molecule has 0 aliphatic carbocycles. The number of hydrogen-bond donors (Lipinski definition) is 1. The SMILES string of the molecule is CCOc1ccc2c(c1)C(N(CC)CC)C(N)CO2. The van der Waals surface area contributed by atoms with Crippen molar-refractivity contribution in [3.05, 3.63) is 23.8 Å². The van der Waals surface area contributed by atoms with Crippen molar-refractivity contribution in [2.75, 3.05) is 26.3 Å². The summed E-state index contributed by atoms with van der Waals surface area (Å²) in [4.78, 5) is 2.38. The first-order chi connectivity index (χ1) is 9.21. The molecule has 4 heteroatoms. The van der Waals surface area contributed by atoms with Crippen LogP contribution in [0.15, 0.2) is 18.2 Å². The van der Waals surface area contributed by atoms with Crippen molar-refractivity contribution in [1.82, 2.24) is 4.90 Å². The molecule has 0 aromatic heterocycles. The van der Waals surface area contributed by atoms with Gasteiger partial charge in [-0.25, -0.2) is 0 Å². The van der Waals surface area contributed by atoms with Crippen molar-refractivity contribution < 1.29 is 9.47 Å². The molecule has 0 fully saturated rings. The summed E-state index contributed by atoms with van der Waals surface area (Å²) < 4.78 is 11.3. The molecule has 4 nitrogen and oxygen atoms in total. The number of ether oxygens (including phenoxy) is 2. The molecule has 0 saturated heterocycles. The first kappa shape index (κ1) is 14.2. The van der Waals surface area contributed by atoms with Crippen LogP contribution in [-0.2, 0) is 0 Å². The van der Waals surface area contributed by atoms with Crippen LogP contribution in [0.25, 0.3) is 0 Å². The van der Waals surface area contributed by atoms with E-state index in [1.165, 1.54) is 0 Å². The number of rotatable bonds is 5. The van der Waals surface area contributed by atoms with Gasteiger partial charge in [-0.2, -0.15) is 0 Å². The second kappa shape index (κ2) is 6.26. The second-order valence-corrected chi connectivity index (χ2v) is 4.77. The average Bonchev–Trinajstić information content (AvgIpc) is 2.43. The van der Waals surface area contributed by atoms with E-state index in [4.69, 9.17) is 15.2 Å². The van der Waals surface area contributed by atoms with Gasteiger partial charge in [0.15, 0.2) is 0 Å². The number of fused-ring (bicyclic) bond motifs is 1. The molecule has 1 aliphatic rings. The van der Waals surface area contributed by atoms with Crippen LogP contribution >= 0.6 is 0 Å². The van der Waals surface area contributed by atoms with E-state index >= 15 is 0 Å². The summed E-state index contributed by atoms with van der Waals surface area (Å²) in [6, 6.07) is 6.23. The molecule has 1 aromatic carbocycles. The van der Waals surface area contributed by atoms with Gasteiger partial charge in [-0.05, 0) is 38.2 Å². The zero-order valence-corrected chi connectivity index (χ0v) is 12.1. The zero-order valence-electron chi connectivity index (χ0n) is 12.1. The second-order valence-electron chi connectivity index (χ2n) is 4.77. The lowest BCUT2D eigenvalue weighted by Crippen LogP contribution is -2.46. The Balaban J connectivity index is 2.37. The van der Waals surface area contributed by atoms with E-state index in [1.54, 1.807) is 0 Å². The van der Waals surface area contributed by atoms with Gasteiger partial charge in [-0.3, -0.25) is 4.90 Å². The Morgan fingerprint density at radius 2 is 2.05 bits per heavy atom. The monoisotopic (exact) mass is 264 g/mol. The minimum atomic E-state index is 0.00396. The Labute approximate surface area is 115 Å². The van der Waals surface area contributed by atoms with Gasteiger partial charge in [0.25, 0.3) is 0 Å². The van der Waals surface area contributed by atoms with Gasteiger partial charge in [0.05, 0.1) is 18.7 Å². The molecular weight excluding hydrogens is 240 g/mol. The standard InChI is InChI=1S/C15H24N2O2/c1-4-17(5-2)15-12-9-11(18-6-3)7-8-14(12)19-10-13(15)16/h7-9,13,15H,4-6,10,16H2,1-3H3. The summed E-state index contributed by atoms with van der Waals surface area (Å²) in [6.45, 7) is 9.52. The number of likely N-dealkylation sites (N-methyl/N-ethyl adjacent to an activating group) is 1. The van der Waals surface area contributed by atoms with Crippen molar-refractivity contribution in [3.63, 3.8) is 0 Å². The Morgan fingerprint density at radius 1 is 1.32 bits per heavy atom. The Morgan fingerprint density at radius 3 is 2.68 bits per heavy atom. The molecule has 1 heterocycles. The third-order valence-corrected chi connectivity index (χ3v) is 3.65. The van der Waals surface area contributed by atoms with Gasteiger partial charge in [-0.1, -0.05) is 13.8 Å². The summed E-state index contributed by atoms with van der Waals surface area (Å²) in [5.41, 5.74) is 7.41. The van der Waals surface area contributed by atoms with Gasteiger partial charge in [-0.15, -0.1) is 0 Å². The van der Waals surface area contributed by atoms with E-state index in [9.17, 15) is 0 Å². The Kier molecular flexibility index (Phi) is 4.66. The van der Waals surface area contributed by atoms with Crippen LogP contribution in [0.5, 0.6) is 11.5 Å². The third-order valence-electron chi connectivity index (χ3n) is 3.65. The highest BCUT2D eigenvalue weighted by atomic mass is 16.5. The van der Waals surface area contributed by atoms with Gasteiger partial charge in [0, 0.05) is 5.56 Å².